The lowest BCUT2D eigenvalue weighted by Crippen LogP contribution is -2.56. The molecule has 0 amide bonds. The first kappa shape index (κ1) is 21.0. The summed E-state index contributed by atoms with van der Waals surface area (Å²) in [4.78, 5) is 12.2. The van der Waals surface area contributed by atoms with Gasteiger partial charge >= 0.3 is 0 Å². The minimum atomic E-state index is 0.247. The summed E-state index contributed by atoms with van der Waals surface area (Å²) < 4.78 is 0. The summed E-state index contributed by atoms with van der Waals surface area (Å²) >= 11 is 0. The van der Waals surface area contributed by atoms with E-state index in [9.17, 15) is 10.4 Å². The Morgan fingerprint density at radius 2 is 1.96 bits per heavy atom. The summed E-state index contributed by atoms with van der Waals surface area (Å²) in [7, 11) is 2.19. The Balaban J connectivity index is 1.79. The minimum Gasteiger partial charge on any atom is -0.396 e. The third kappa shape index (κ3) is 4.83. The average molecular weight is 386 g/mol. The maximum atomic E-state index is 9.60. The molecule has 2 aliphatic heterocycles. The third-order valence-electron chi connectivity index (χ3n) is 6.34. The fourth-order valence-electron chi connectivity index (χ4n) is 4.60. The number of aliphatic hydroxyl groups excluding tert-OH is 1. The molecular formula is C22H35N5O. The number of aliphatic hydroxyl groups is 1. The van der Waals surface area contributed by atoms with Gasteiger partial charge in [0.25, 0.3) is 0 Å². The van der Waals surface area contributed by atoms with E-state index >= 15 is 0 Å². The summed E-state index contributed by atoms with van der Waals surface area (Å²) in [6, 6.07) is 6.80. The zero-order chi connectivity index (χ0) is 20.1. The summed E-state index contributed by atoms with van der Waals surface area (Å²) in [5, 5.41) is 19.0. The van der Waals surface area contributed by atoms with Crippen molar-refractivity contribution in [3.05, 3.63) is 23.4 Å². The molecule has 1 N–H and O–H groups in total. The van der Waals surface area contributed by atoms with Crippen LogP contribution in [0.3, 0.4) is 0 Å². The van der Waals surface area contributed by atoms with Crippen LogP contribution in [0.2, 0.25) is 0 Å². The molecule has 2 saturated heterocycles. The van der Waals surface area contributed by atoms with Crippen LogP contribution in [0.1, 0.15) is 50.3 Å². The largest absolute Gasteiger partial charge is 0.396 e. The van der Waals surface area contributed by atoms with E-state index in [1.54, 1.807) is 0 Å². The second kappa shape index (κ2) is 9.69. The van der Waals surface area contributed by atoms with E-state index in [-0.39, 0.29) is 6.61 Å². The van der Waals surface area contributed by atoms with E-state index in [0.29, 0.717) is 23.4 Å². The van der Waals surface area contributed by atoms with E-state index in [1.807, 2.05) is 12.1 Å². The highest BCUT2D eigenvalue weighted by Crippen LogP contribution is 2.31. The molecule has 6 heteroatoms. The maximum Gasteiger partial charge on any atom is 0.146 e. The number of hydrogen-bond acceptors (Lipinski definition) is 6. The molecule has 0 bridgehead atoms. The Hall–Kier alpha value is -1.68. The summed E-state index contributed by atoms with van der Waals surface area (Å²) in [6.07, 6.45) is 2.96. The molecule has 0 spiro atoms. The monoisotopic (exact) mass is 385 g/mol. The van der Waals surface area contributed by atoms with Gasteiger partial charge in [-0.3, -0.25) is 4.90 Å². The number of piperazine rings is 1. The van der Waals surface area contributed by atoms with Crippen LogP contribution in [0.15, 0.2) is 12.1 Å². The van der Waals surface area contributed by atoms with E-state index in [1.165, 1.54) is 0 Å². The molecule has 0 radical (unpaired) electrons. The normalized spacial score (nSPS) is 24.5. The second-order valence-electron chi connectivity index (χ2n) is 8.64. The van der Waals surface area contributed by atoms with Crippen LogP contribution >= 0.6 is 0 Å². The van der Waals surface area contributed by atoms with Gasteiger partial charge in [0.1, 0.15) is 11.9 Å². The van der Waals surface area contributed by atoms with Gasteiger partial charge in [0.05, 0.1) is 5.56 Å². The highest BCUT2D eigenvalue weighted by Gasteiger charge is 2.35. The van der Waals surface area contributed by atoms with Crippen LogP contribution in [-0.4, -0.2) is 78.9 Å². The zero-order valence-electron chi connectivity index (χ0n) is 17.6. The van der Waals surface area contributed by atoms with Gasteiger partial charge in [0, 0.05) is 57.6 Å². The molecule has 0 saturated carbocycles. The van der Waals surface area contributed by atoms with Crippen molar-refractivity contribution in [2.45, 2.75) is 45.1 Å². The van der Waals surface area contributed by atoms with Gasteiger partial charge in [-0.15, -0.1) is 0 Å². The second-order valence-corrected chi connectivity index (χ2v) is 8.64. The molecule has 28 heavy (non-hydrogen) atoms. The summed E-state index contributed by atoms with van der Waals surface area (Å²) in [5.74, 6) is 1.69. The van der Waals surface area contributed by atoms with Crippen LogP contribution in [0, 0.1) is 17.2 Å². The molecular weight excluding hydrogens is 350 g/mol. The third-order valence-corrected chi connectivity index (χ3v) is 6.34. The highest BCUT2D eigenvalue weighted by molar-refractivity contribution is 5.55. The fourth-order valence-corrected chi connectivity index (χ4v) is 4.60. The van der Waals surface area contributed by atoms with Crippen LogP contribution in [0.5, 0.6) is 0 Å². The highest BCUT2D eigenvalue weighted by atomic mass is 16.2. The van der Waals surface area contributed by atoms with Crippen LogP contribution < -0.4 is 4.90 Å². The topological polar surface area (TPSA) is 66.6 Å². The number of rotatable bonds is 6. The van der Waals surface area contributed by atoms with Gasteiger partial charge in [-0.25, -0.2) is 4.98 Å². The zero-order valence-corrected chi connectivity index (χ0v) is 17.6. The number of aromatic nitrogens is 1. The molecule has 0 unspecified atom stereocenters. The number of piperidine rings is 1. The van der Waals surface area contributed by atoms with Crippen molar-refractivity contribution >= 4 is 5.82 Å². The number of pyridine rings is 1. The van der Waals surface area contributed by atoms with Gasteiger partial charge in [0.15, 0.2) is 0 Å². The molecule has 0 aliphatic carbocycles. The fraction of sp³-hybridized carbons (Fsp3) is 0.727. The molecule has 154 valence electrons. The first-order valence-corrected chi connectivity index (χ1v) is 10.7. The number of likely N-dealkylation sites (N-methyl/N-ethyl adjacent to an activating group) is 1. The van der Waals surface area contributed by atoms with Crippen molar-refractivity contribution in [1.82, 2.24) is 14.8 Å². The van der Waals surface area contributed by atoms with Crippen LogP contribution in [0.4, 0.5) is 5.82 Å². The lowest BCUT2D eigenvalue weighted by molar-refractivity contribution is 0.0637. The average Bonchev–Trinajstić information content (AvgIpc) is 2.72. The van der Waals surface area contributed by atoms with Gasteiger partial charge in [-0.1, -0.05) is 13.8 Å². The summed E-state index contributed by atoms with van der Waals surface area (Å²) in [6.45, 7) is 10.9. The molecule has 1 aromatic rings. The van der Waals surface area contributed by atoms with Crippen molar-refractivity contribution in [3.8, 4) is 6.07 Å². The Labute approximate surface area is 169 Å². The molecule has 6 nitrogen and oxygen atoms in total. The Morgan fingerprint density at radius 3 is 2.61 bits per heavy atom. The Kier molecular flexibility index (Phi) is 7.28. The number of hydrogen-bond donors (Lipinski definition) is 1. The minimum absolute atomic E-state index is 0.247. The molecule has 2 atom stereocenters. The van der Waals surface area contributed by atoms with Gasteiger partial charge in [-0.05, 0) is 50.3 Å². The lowest BCUT2D eigenvalue weighted by atomic mass is 9.86. The van der Waals surface area contributed by atoms with Crippen LogP contribution in [-0.2, 0) is 0 Å². The molecule has 3 heterocycles. The van der Waals surface area contributed by atoms with Crippen molar-refractivity contribution in [1.29, 1.82) is 5.26 Å². The Bertz CT molecular complexity index is 678. The maximum absolute atomic E-state index is 9.60. The molecule has 2 aliphatic rings. The smallest absolute Gasteiger partial charge is 0.146 e. The summed E-state index contributed by atoms with van der Waals surface area (Å²) in [5.41, 5.74) is 1.71. The first-order valence-electron chi connectivity index (χ1n) is 10.7. The van der Waals surface area contributed by atoms with Crippen molar-refractivity contribution in [2.75, 3.05) is 57.8 Å². The van der Waals surface area contributed by atoms with Crippen molar-refractivity contribution in [2.24, 2.45) is 5.92 Å². The van der Waals surface area contributed by atoms with Crippen LogP contribution in [0.25, 0.3) is 0 Å². The van der Waals surface area contributed by atoms with Gasteiger partial charge in [0.2, 0.25) is 0 Å². The van der Waals surface area contributed by atoms with E-state index in [0.717, 1.165) is 70.0 Å². The van der Waals surface area contributed by atoms with Crippen molar-refractivity contribution < 1.29 is 5.11 Å². The predicted molar refractivity (Wildman–Crippen MR) is 113 cm³/mol. The lowest BCUT2D eigenvalue weighted by Gasteiger charge is -2.47. The molecule has 0 aromatic carbocycles. The number of anilines is 1. The quantitative estimate of drug-likeness (QED) is 0.810. The number of nitriles is 1. The first-order chi connectivity index (χ1) is 13.5. The Morgan fingerprint density at radius 1 is 1.21 bits per heavy atom. The standard InChI is InChI=1S/C22H35N5O/c1-17(2)20-7-6-18(15-23)22(24-20)27-9-8-21(19(16-27)5-4-14-28)26-12-10-25(3)11-13-26/h6-7,17,19,21,28H,4-5,8-14,16H2,1-3H3/t19-,21+/m0/s1. The van der Waals surface area contributed by atoms with Gasteiger partial charge in [-0.2, -0.15) is 5.26 Å². The molecule has 3 rings (SSSR count). The SMILES string of the molecule is CC(C)c1ccc(C#N)c(N2CC[C@@H](N3CCN(C)CC3)[C@@H](CCCO)C2)n1. The van der Waals surface area contributed by atoms with E-state index < -0.39 is 0 Å². The van der Waals surface area contributed by atoms with Crippen molar-refractivity contribution in [3.63, 3.8) is 0 Å². The number of nitrogens with zero attached hydrogens (tertiary/aromatic N) is 5. The molecule has 2 fully saturated rings. The predicted octanol–water partition coefficient (Wildman–Crippen LogP) is 2.29. The van der Waals surface area contributed by atoms with Gasteiger partial charge < -0.3 is 14.9 Å². The van der Waals surface area contributed by atoms with E-state index in [4.69, 9.17) is 4.98 Å². The molecule has 1 aromatic heterocycles. The van der Waals surface area contributed by atoms with E-state index in [2.05, 4.69) is 41.7 Å².